The molecule has 2 aromatic rings. The average Bonchev–Trinajstić information content (AvgIpc) is 3.09. The molecular formula is C17H17BrN2O3S. The van der Waals surface area contributed by atoms with Crippen molar-refractivity contribution in [2.75, 3.05) is 11.9 Å². The first-order chi connectivity index (χ1) is 11.6. The van der Waals surface area contributed by atoms with Crippen LogP contribution in [0.5, 0.6) is 0 Å². The topological polar surface area (TPSA) is 75.3 Å². The summed E-state index contributed by atoms with van der Waals surface area (Å²) in [6, 6.07) is 10.8. The molecule has 5 nitrogen and oxygen atoms in total. The van der Waals surface area contributed by atoms with Crippen LogP contribution in [0.4, 0.5) is 5.69 Å². The van der Waals surface area contributed by atoms with Crippen LogP contribution in [0.2, 0.25) is 0 Å². The third-order valence-corrected chi connectivity index (χ3v) is 4.80. The van der Waals surface area contributed by atoms with Crippen LogP contribution in [-0.2, 0) is 9.59 Å². The van der Waals surface area contributed by atoms with Crippen molar-refractivity contribution in [3.63, 3.8) is 0 Å². The lowest BCUT2D eigenvalue weighted by atomic mass is 10.1. The van der Waals surface area contributed by atoms with E-state index in [1.165, 1.54) is 11.3 Å². The molecular weight excluding hydrogens is 392 g/mol. The molecule has 0 atom stereocenters. The van der Waals surface area contributed by atoms with Crippen molar-refractivity contribution in [2.45, 2.75) is 19.3 Å². The zero-order valence-electron chi connectivity index (χ0n) is 12.9. The molecule has 0 bridgehead atoms. The fourth-order valence-electron chi connectivity index (χ4n) is 1.99. The van der Waals surface area contributed by atoms with Crippen molar-refractivity contribution >= 4 is 50.6 Å². The van der Waals surface area contributed by atoms with Crippen molar-refractivity contribution in [3.8, 4) is 0 Å². The lowest BCUT2D eigenvalue weighted by molar-refractivity contribution is -0.124. The van der Waals surface area contributed by atoms with Crippen LogP contribution in [0.25, 0.3) is 0 Å². The largest absolute Gasteiger partial charge is 0.347 e. The molecule has 7 heteroatoms. The summed E-state index contributed by atoms with van der Waals surface area (Å²) < 4.78 is 0.775. The van der Waals surface area contributed by atoms with E-state index in [0.717, 1.165) is 4.47 Å². The van der Waals surface area contributed by atoms with Gasteiger partial charge in [0.15, 0.2) is 5.78 Å². The van der Waals surface area contributed by atoms with Gasteiger partial charge in [-0.25, -0.2) is 0 Å². The number of hydrogen-bond acceptors (Lipinski definition) is 4. The van der Waals surface area contributed by atoms with E-state index in [4.69, 9.17) is 0 Å². The number of amides is 2. The van der Waals surface area contributed by atoms with E-state index in [-0.39, 0.29) is 30.6 Å². The predicted octanol–water partition coefficient (Wildman–Crippen LogP) is 3.62. The van der Waals surface area contributed by atoms with Crippen molar-refractivity contribution in [1.29, 1.82) is 0 Å². The molecule has 2 amide bonds. The Hall–Kier alpha value is -1.99. The summed E-state index contributed by atoms with van der Waals surface area (Å²) in [6.45, 7) is -0.0982. The number of Topliss-reactive ketones (excluding diaryl/α,β-unsaturated/α-hetero) is 1. The lowest BCUT2D eigenvalue weighted by Gasteiger charge is -2.08. The predicted molar refractivity (Wildman–Crippen MR) is 98.3 cm³/mol. The molecule has 2 N–H and O–H groups in total. The number of para-hydroxylation sites is 1. The van der Waals surface area contributed by atoms with E-state index in [2.05, 4.69) is 26.6 Å². The van der Waals surface area contributed by atoms with Crippen LogP contribution in [0, 0.1) is 0 Å². The maximum atomic E-state index is 11.8. The number of thiophene rings is 1. The van der Waals surface area contributed by atoms with Gasteiger partial charge in [0.1, 0.15) is 0 Å². The molecule has 24 heavy (non-hydrogen) atoms. The summed E-state index contributed by atoms with van der Waals surface area (Å²) in [4.78, 5) is 36.0. The number of hydrogen-bond donors (Lipinski definition) is 2. The minimum absolute atomic E-state index is 0.0458. The molecule has 0 unspecified atom stereocenters. The average molecular weight is 409 g/mol. The Labute approximate surface area is 152 Å². The molecule has 0 aliphatic heterocycles. The Morgan fingerprint density at radius 1 is 1.00 bits per heavy atom. The van der Waals surface area contributed by atoms with Crippen LogP contribution in [0.1, 0.15) is 28.9 Å². The Morgan fingerprint density at radius 2 is 1.79 bits per heavy atom. The first kappa shape index (κ1) is 18.4. The monoisotopic (exact) mass is 408 g/mol. The first-order valence-corrected chi connectivity index (χ1v) is 9.11. The number of anilines is 1. The van der Waals surface area contributed by atoms with Gasteiger partial charge in [0.05, 0.1) is 17.1 Å². The highest BCUT2D eigenvalue weighted by Crippen LogP contribution is 2.20. The highest BCUT2D eigenvalue weighted by molar-refractivity contribution is 9.10. The number of nitrogens with one attached hydrogen (secondary N) is 2. The zero-order chi connectivity index (χ0) is 17.4. The van der Waals surface area contributed by atoms with Crippen molar-refractivity contribution in [3.05, 3.63) is 51.1 Å². The molecule has 0 aliphatic rings. The van der Waals surface area contributed by atoms with Gasteiger partial charge in [0.25, 0.3) is 0 Å². The molecule has 1 aromatic carbocycles. The molecule has 0 aliphatic carbocycles. The normalized spacial score (nSPS) is 10.2. The Bertz CT molecular complexity index is 716. The molecule has 0 spiro atoms. The highest BCUT2D eigenvalue weighted by atomic mass is 79.9. The van der Waals surface area contributed by atoms with Gasteiger partial charge in [-0.05, 0) is 45.9 Å². The smallest absolute Gasteiger partial charge is 0.243 e. The second kappa shape index (κ2) is 9.34. The Morgan fingerprint density at radius 3 is 2.50 bits per heavy atom. The fourth-order valence-corrected chi connectivity index (χ4v) is 3.07. The van der Waals surface area contributed by atoms with Gasteiger partial charge in [0.2, 0.25) is 11.8 Å². The molecule has 0 radical (unpaired) electrons. The fraction of sp³-hybridized carbons (Fsp3) is 0.235. The van der Waals surface area contributed by atoms with Crippen LogP contribution < -0.4 is 10.6 Å². The molecule has 2 rings (SSSR count). The number of halogens is 1. The van der Waals surface area contributed by atoms with Crippen molar-refractivity contribution < 1.29 is 14.4 Å². The van der Waals surface area contributed by atoms with E-state index < -0.39 is 0 Å². The molecule has 1 aromatic heterocycles. The maximum Gasteiger partial charge on any atom is 0.243 e. The van der Waals surface area contributed by atoms with Gasteiger partial charge >= 0.3 is 0 Å². The Kier molecular flexibility index (Phi) is 7.14. The summed E-state index contributed by atoms with van der Waals surface area (Å²) in [5, 5.41) is 7.11. The molecule has 126 valence electrons. The van der Waals surface area contributed by atoms with Gasteiger partial charge < -0.3 is 10.6 Å². The molecule has 0 saturated heterocycles. The highest BCUT2D eigenvalue weighted by Gasteiger charge is 2.10. The standard InChI is InChI=1S/C17H17BrN2O3S/c18-12-5-1-2-6-13(12)20-17(23)11-19-16(22)9-3-7-14(21)15-8-4-10-24-15/h1-2,4-6,8,10H,3,7,9,11H2,(H,19,22)(H,20,23). The van der Waals surface area contributed by atoms with Gasteiger partial charge in [-0.1, -0.05) is 18.2 Å². The van der Waals surface area contributed by atoms with Gasteiger partial charge in [-0.2, -0.15) is 0 Å². The van der Waals surface area contributed by atoms with Crippen LogP contribution in [0.15, 0.2) is 46.3 Å². The van der Waals surface area contributed by atoms with Gasteiger partial charge in [-0.15, -0.1) is 11.3 Å². The second-order valence-corrected chi connectivity index (χ2v) is 6.86. The number of ketones is 1. The quantitative estimate of drug-likeness (QED) is 0.654. The summed E-state index contributed by atoms with van der Waals surface area (Å²) in [6.07, 6.45) is 1.02. The summed E-state index contributed by atoms with van der Waals surface area (Å²) >= 11 is 4.73. The van der Waals surface area contributed by atoms with Gasteiger partial charge in [-0.3, -0.25) is 14.4 Å². The SMILES string of the molecule is O=C(CCCC(=O)c1cccs1)NCC(=O)Nc1ccccc1Br. The third-order valence-electron chi connectivity index (χ3n) is 3.20. The molecule has 0 fully saturated rings. The lowest BCUT2D eigenvalue weighted by Crippen LogP contribution is -2.32. The second-order valence-electron chi connectivity index (χ2n) is 5.06. The van der Waals surface area contributed by atoms with Crippen LogP contribution in [0.3, 0.4) is 0 Å². The Balaban J connectivity index is 1.65. The maximum absolute atomic E-state index is 11.8. The van der Waals surface area contributed by atoms with E-state index in [0.29, 0.717) is 23.4 Å². The van der Waals surface area contributed by atoms with E-state index in [1.807, 2.05) is 29.6 Å². The van der Waals surface area contributed by atoms with Gasteiger partial charge in [0, 0.05) is 17.3 Å². The minimum Gasteiger partial charge on any atom is -0.347 e. The first-order valence-electron chi connectivity index (χ1n) is 7.44. The molecule has 0 saturated carbocycles. The van der Waals surface area contributed by atoms with Crippen molar-refractivity contribution in [2.24, 2.45) is 0 Å². The van der Waals surface area contributed by atoms with Crippen LogP contribution >= 0.6 is 27.3 Å². The summed E-state index contributed by atoms with van der Waals surface area (Å²) in [5.74, 6) is -0.495. The third kappa shape index (κ3) is 5.90. The number of carbonyl (C=O) groups excluding carboxylic acids is 3. The zero-order valence-corrected chi connectivity index (χ0v) is 15.3. The molecule has 1 heterocycles. The number of benzene rings is 1. The summed E-state index contributed by atoms with van der Waals surface area (Å²) in [5.41, 5.74) is 0.651. The van der Waals surface area contributed by atoms with E-state index in [1.54, 1.807) is 12.1 Å². The summed E-state index contributed by atoms with van der Waals surface area (Å²) in [7, 11) is 0. The van der Waals surface area contributed by atoms with Crippen molar-refractivity contribution in [1.82, 2.24) is 5.32 Å². The number of carbonyl (C=O) groups is 3. The number of rotatable bonds is 8. The van der Waals surface area contributed by atoms with E-state index in [9.17, 15) is 14.4 Å². The van der Waals surface area contributed by atoms with Crippen LogP contribution in [-0.4, -0.2) is 24.1 Å². The van der Waals surface area contributed by atoms with E-state index >= 15 is 0 Å². The minimum atomic E-state index is -0.301.